The van der Waals surface area contributed by atoms with Crippen LogP contribution in [0.4, 0.5) is 0 Å². The summed E-state index contributed by atoms with van der Waals surface area (Å²) in [7, 11) is 5.69. The Labute approximate surface area is 212 Å². The van der Waals surface area contributed by atoms with Gasteiger partial charge in [0.1, 0.15) is 29.1 Å². The molecule has 9 heteroatoms. The fourth-order valence-corrected chi connectivity index (χ4v) is 4.33. The third-order valence-electron chi connectivity index (χ3n) is 6.19. The van der Waals surface area contributed by atoms with Gasteiger partial charge in [-0.1, -0.05) is 12.1 Å². The third kappa shape index (κ3) is 4.75. The summed E-state index contributed by atoms with van der Waals surface area (Å²) in [5, 5.41) is 20.8. The number of carbonyl (C=O) groups is 1. The number of fused-ring (bicyclic) bond motifs is 1. The number of benzene rings is 3. The van der Waals surface area contributed by atoms with E-state index in [2.05, 4.69) is 0 Å². The van der Waals surface area contributed by atoms with Crippen molar-refractivity contribution < 1.29 is 38.4 Å². The van der Waals surface area contributed by atoms with Crippen LogP contribution in [-0.4, -0.2) is 44.6 Å². The van der Waals surface area contributed by atoms with E-state index in [4.69, 9.17) is 23.4 Å². The standard InChI is InChI=1S/C28H26O9/c1-33-22-13-24(35-3)23(34-2)11-18(22)19(12-25(31)36-4)26-21(30)10-9-17-27(32)20(14-37-28(17)26)15-5-7-16(29)8-6-15/h5-11,13-14,19,29-30H,12H2,1-4H3. The van der Waals surface area contributed by atoms with Crippen molar-refractivity contribution in [3.63, 3.8) is 0 Å². The number of aromatic hydroxyl groups is 2. The lowest BCUT2D eigenvalue weighted by atomic mass is 9.85. The van der Waals surface area contributed by atoms with Crippen LogP contribution in [0.3, 0.4) is 0 Å². The van der Waals surface area contributed by atoms with Crippen molar-refractivity contribution in [1.29, 1.82) is 0 Å². The molecule has 0 saturated carbocycles. The molecule has 0 aliphatic carbocycles. The van der Waals surface area contributed by atoms with E-state index in [1.54, 1.807) is 24.3 Å². The van der Waals surface area contributed by atoms with Crippen LogP contribution < -0.4 is 19.6 Å². The van der Waals surface area contributed by atoms with Gasteiger partial charge in [0, 0.05) is 23.1 Å². The van der Waals surface area contributed by atoms with E-state index in [1.165, 1.54) is 59.0 Å². The molecule has 1 unspecified atom stereocenters. The minimum atomic E-state index is -0.839. The van der Waals surface area contributed by atoms with E-state index in [-0.39, 0.29) is 45.4 Å². The summed E-state index contributed by atoms with van der Waals surface area (Å²) in [6.45, 7) is 0. The van der Waals surface area contributed by atoms with Gasteiger partial charge < -0.3 is 33.6 Å². The predicted octanol–water partition coefficient (Wildman–Crippen LogP) is 4.59. The van der Waals surface area contributed by atoms with Crippen molar-refractivity contribution in [1.82, 2.24) is 0 Å². The van der Waals surface area contributed by atoms with Crippen LogP contribution in [0.15, 0.2) is 64.0 Å². The summed E-state index contributed by atoms with van der Waals surface area (Å²) in [4.78, 5) is 26.0. The highest BCUT2D eigenvalue weighted by Gasteiger charge is 2.30. The molecule has 1 heterocycles. The molecular weight excluding hydrogens is 480 g/mol. The summed E-state index contributed by atoms with van der Waals surface area (Å²) in [6.07, 6.45) is 1.10. The summed E-state index contributed by atoms with van der Waals surface area (Å²) in [5.74, 6) is -0.355. The molecule has 0 aliphatic rings. The number of methoxy groups -OCH3 is 4. The topological polar surface area (TPSA) is 125 Å². The monoisotopic (exact) mass is 506 g/mol. The molecule has 37 heavy (non-hydrogen) atoms. The van der Waals surface area contributed by atoms with E-state index in [9.17, 15) is 19.8 Å². The average molecular weight is 507 g/mol. The van der Waals surface area contributed by atoms with Crippen LogP contribution >= 0.6 is 0 Å². The Bertz CT molecular complexity index is 1500. The molecule has 3 aromatic carbocycles. The number of hydrogen-bond donors (Lipinski definition) is 2. The maximum atomic E-state index is 13.5. The molecule has 1 aromatic heterocycles. The van der Waals surface area contributed by atoms with Gasteiger partial charge in [-0.3, -0.25) is 9.59 Å². The Morgan fingerprint density at radius 2 is 1.54 bits per heavy atom. The molecule has 1 atom stereocenters. The number of carbonyl (C=O) groups excluding carboxylic acids is 1. The molecule has 2 N–H and O–H groups in total. The largest absolute Gasteiger partial charge is 0.508 e. The number of rotatable bonds is 8. The van der Waals surface area contributed by atoms with Crippen LogP contribution in [-0.2, 0) is 9.53 Å². The summed E-state index contributed by atoms with van der Waals surface area (Å²) in [5.41, 5.74) is 1.29. The fraction of sp³-hybridized carbons (Fsp3) is 0.214. The quantitative estimate of drug-likeness (QED) is 0.330. The Kier molecular flexibility index (Phi) is 7.24. The van der Waals surface area contributed by atoms with Gasteiger partial charge in [0.15, 0.2) is 11.5 Å². The number of phenols is 2. The zero-order valence-electron chi connectivity index (χ0n) is 20.7. The number of ether oxygens (including phenoxy) is 4. The van der Waals surface area contributed by atoms with E-state index in [0.29, 0.717) is 28.4 Å². The van der Waals surface area contributed by atoms with Gasteiger partial charge in [0.2, 0.25) is 5.43 Å². The van der Waals surface area contributed by atoms with E-state index >= 15 is 0 Å². The number of esters is 1. The van der Waals surface area contributed by atoms with Gasteiger partial charge in [0.05, 0.1) is 45.8 Å². The van der Waals surface area contributed by atoms with Crippen molar-refractivity contribution >= 4 is 16.9 Å². The van der Waals surface area contributed by atoms with Gasteiger partial charge in [-0.25, -0.2) is 0 Å². The molecule has 0 amide bonds. The van der Waals surface area contributed by atoms with Gasteiger partial charge in [-0.05, 0) is 35.9 Å². The van der Waals surface area contributed by atoms with Gasteiger partial charge in [0.25, 0.3) is 0 Å². The lowest BCUT2D eigenvalue weighted by Crippen LogP contribution is -2.14. The minimum Gasteiger partial charge on any atom is -0.508 e. The lowest BCUT2D eigenvalue weighted by Gasteiger charge is -2.23. The molecule has 4 aromatic rings. The van der Waals surface area contributed by atoms with E-state index in [1.807, 2.05) is 0 Å². The highest BCUT2D eigenvalue weighted by molar-refractivity contribution is 5.87. The Balaban J connectivity index is 1.99. The van der Waals surface area contributed by atoms with Crippen molar-refractivity contribution in [2.45, 2.75) is 12.3 Å². The zero-order chi connectivity index (χ0) is 26.7. The van der Waals surface area contributed by atoms with Crippen LogP contribution in [0.2, 0.25) is 0 Å². The van der Waals surface area contributed by atoms with Crippen LogP contribution in [0.1, 0.15) is 23.5 Å². The molecule has 0 spiro atoms. The highest BCUT2D eigenvalue weighted by Crippen LogP contribution is 2.45. The first kappa shape index (κ1) is 25.4. The highest BCUT2D eigenvalue weighted by atomic mass is 16.5. The molecule has 0 bridgehead atoms. The number of phenolic OH excluding ortho intramolecular Hbond substituents is 2. The minimum absolute atomic E-state index is 0.0654. The van der Waals surface area contributed by atoms with Crippen LogP contribution in [0, 0.1) is 0 Å². The van der Waals surface area contributed by atoms with E-state index < -0.39 is 11.9 Å². The molecule has 0 radical (unpaired) electrons. The summed E-state index contributed by atoms with van der Waals surface area (Å²) < 4.78 is 27.3. The maximum absolute atomic E-state index is 13.5. The molecule has 0 fully saturated rings. The normalized spacial score (nSPS) is 11.7. The Morgan fingerprint density at radius 1 is 0.892 bits per heavy atom. The second-order valence-electron chi connectivity index (χ2n) is 8.18. The molecule has 0 aliphatic heterocycles. The summed E-state index contributed by atoms with van der Waals surface area (Å²) in [6, 6.07) is 12.2. The Morgan fingerprint density at radius 3 is 2.16 bits per heavy atom. The third-order valence-corrected chi connectivity index (χ3v) is 6.19. The first-order valence-corrected chi connectivity index (χ1v) is 11.3. The SMILES string of the molecule is COC(=O)CC(c1cc(OC)c(OC)cc1OC)c1c(O)ccc2c(=O)c(-c3ccc(O)cc3)coc12. The molecule has 0 saturated heterocycles. The number of hydrogen-bond acceptors (Lipinski definition) is 9. The van der Waals surface area contributed by atoms with Crippen molar-refractivity contribution in [3.05, 3.63) is 76.1 Å². The maximum Gasteiger partial charge on any atom is 0.306 e. The van der Waals surface area contributed by atoms with Crippen molar-refractivity contribution in [2.24, 2.45) is 0 Å². The van der Waals surface area contributed by atoms with Gasteiger partial charge in [-0.2, -0.15) is 0 Å². The smallest absolute Gasteiger partial charge is 0.306 e. The van der Waals surface area contributed by atoms with Crippen LogP contribution in [0.25, 0.3) is 22.1 Å². The second-order valence-corrected chi connectivity index (χ2v) is 8.18. The predicted molar refractivity (Wildman–Crippen MR) is 136 cm³/mol. The lowest BCUT2D eigenvalue weighted by molar-refractivity contribution is -0.140. The first-order valence-electron chi connectivity index (χ1n) is 11.3. The van der Waals surface area contributed by atoms with Crippen LogP contribution in [0.5, 0.6) is 28.7 Å². The van der Waals surface area contributed by atoms with Crippen molar-refractivity contribution in [3.8, 4) is 39.9 Å². The molecule has 4 rings (SSSR count). The first-order chi connectivity index (χ1) is 17.8. The molecule has 192 valence electrons. The molecular formula is C28H26O9. The van der Waals surface area contributed by atoms with E-state index in [0.717, 1.165) is 0 Å². The van der Waals surface area contributed by atoms with Gasteiger partial charge >= 0.3 is 5.97 Å². The van der Waals surface area contributed by atoms with Crippen molar-refractivity contribution in [2.75, 3.05) is 28.4 Å². The summed E-state index contributed by atoms with van der Waals surface area (Å²) >= 11 is 0. The van der Waals surface area contributed by atoms with Gasteiger partial charge in [-0.15, -0.1) is 0 Å². The second kappa shape index (κ2) is 10.5. The average Bonchev–Trinajstić information content (AvgIpc) is 2.92. The Hall–Kier alpha value is -4.66. The molecule has 9 nitrogen and oxygen atoms in total. The zero-order valence-corrected chi connectivity index (χ0v) is 20.7. The fourth-order valence-electron chi connectivity index (χ4n) is 4.33.